The molecular formula is C11H13N3O3. The van der Waals surface area contributed by atoms with Crippen molar-refractivity contribution in [2.75, 3.05) is 24.6 Å². The van der Waals surface area contributed by atoms with Crippen molar-refractivity contribution in [1.29, 1.82) is 0 Å². The Kier molecular flexibility index (Phi) is 3.22. The molecule has 0 atom stereocenters. The number of pyridine rings is 1. The van der Waals surface area contributed by atoms with Crippen molar-refractivity contribution in [3.8, 4) is 0 Å². The van der Waals surface area contributed by atoms with Gasteiger partial charge in [-0.15, -0.1) is 0 Å². The van der Waals surface area contributed by atoms with Crippen molar-refractivity contribution in [2.45, 2.75) is 6.92 Å². The van der Waals surface area contributed by atoms with E-state index >= 15 is 0 Å². The summed E-state index contributed by atoms with van der Waals surface area (Å²) in [6.45, 7) is 3.21. The van der Waals surface area contributed by atoms with Crippen molar-refractivity contribution in [3.63, 3.8) is 0 Å². The maximum atomic E-state index is 11.5. The molecule has 0 unspecified atom stereocenters. The number of carbonyl (C=O) groups excluding carboxylic acids is 2. The zero-order chi connectivity index (χ0) is 12.3. The first-order valence-corrected chi connectivity index (χ1v) is 5.41. The Labute approximate surface area is 98.6 Å². The van der Waals surface area contributed by atoms with Gasteiger partial charge in [0.1, 0.15) is 5.82 Å². The van der Waals surface area contributed by atoms with Gasteiger partial charge in [-0.25, -0.2) is 14.6 Å². The van der Waals surface area contributed by atoms with Gasteiger partial charge in [0.2, 0.25) is 0 Å². The first-order chi connectivity index (χ1) is 8.22. The molecule has 1 N–H and O–H groups in total. The van der Waals surface area contributed by atoms with Gasteiger partial charge in [-0.3, -0.25) is 4.90 Å². The van der Waals surface area contributed by atoms with Crippen LogP contribution in [0, 0.1) is 0 Å². The molecule has 2 heterocycles. The molecule has 6 heteroatoms. The van der Waals surface area contributed by atoms with Crippen LogP contribution in [0.2, 0.25) is 0 Å². The predicted octanol–water partition coefficient (Wildman–Crippen LogP) is 0.788. The van der Waals surface area contributed by atoms with Crippen LogP contribution >= 0.6 is 0 Å². The van der Waals surface area contributed by atoms with E-state index in [-0.39, 0.29) is 6.03 Å². The number of amides is 2. The Hall–Kier alpha value is -2.11. The van der Waals surface area contributed by atoms with Crippen molar-refractivity contribution in [3.05, 3.63) is 23.9 Å². The molecule has 0 aromatic carbocycles. The van der Waals surface area contributed by atoms with E-state index in [9.17, 15) is 9.59 Å². The maximum Gasteiger partial charge on any atom is 0.338 e. The summed E-state index contributed by atoms with van der Waals surface area (Å²) in [5.41, 5.74) is 0.400. The molecule has 1 aliphatic rings. The Bertz CT molecular complexity index is 447. The summed E-state index contributed by atoms with van der Waals surface area (Å²) in [4.78, 5) is 28.5. The second kappa shape index (κ2) is 4.82. The molecule has 0 radical (unpaired) electrons. The van der Waals surface area contributed by atoms with Crippen LogP contribution in [-0.4, -0.2) is 36.7 Å². The molecule has 0 aliphatic carbocycles. The zero-order valence-electron chi connectivity index (χ0n) is 9.47. The summed E-state index contributed by atoms with van der Waals surface area (Å²) in [5, 5.41) is 2.67. The van der Waals surface area contributed by atoms with Gasteiger partial charge in [0.05, 0.1) is 12.2 Å². The van der Waals surface area contributed by atoms with Crippen LogP contribution in [-0.2, 0) is 4.74 Å². The number of urea groups is 1. The molecule has 6 nitrogen and oxygen atoms in total. The van der Waals surface area contributed by atoms with Crippen LogP contribution in [0.4, 0.5) is 10.6 Å². The Morgan fingerprint density at radius 2 is 2.47 bits per heavy atom. The third-order valence-corrected chi connectivity index (χ3v) is 2.39. The molecule has 0 spiro atoms. The van der Waals surface area contributed by atoms with E-state index in [1.165, 1.54) is 11.1 Å². The SMILES string of the molecule is CCOC(=O)c1ccnc(N2CCNC2=O)c1. The summed E-state index contributed by atoms with van der Waals surface area (Å²) in [7, 11) is 0. The topological polar surface area (TPSA) is 71.5 Å². The highest BCUT2D eigenvalue weighted by Gasteiger charge is 2.23. The van der Waals surface area contributed by atoms with Gasteiger partial charge in [-0.1, -0.05) is 0 Å². The van der Waals surface area contributed by atoms with Crippen LogP contribution in [0.15, 0.2) is 18.3 Å². The lowest BCUT2D eigenvalue weighted by Gasteiger charge is -2.13. The number of nitrogens with zero attached hydrogens (tertiary/aromatic N) is 2. The van der Waals surface area contributed by atoms with Crippen molar-refractivity contribution in [2.24, 2.45) is 0 Å². The number of ether oxygens (including phenoxy) is 1. The van der Waals surface area contributed by atoms with E-state index in [4.69, 9.17) is 4.74 Å². The van der Waals surface area contributed by atoms with Crippen LogP contribution in [0.1, 0.15) is 17.3 Å². The van der Waals surface area contributed by atoms with E-state index in [0.717, 1.165) is 0 Å². The lowest BCUT2D eigenvalue weighted by atomic mass is 10.2. The second-order valence-electron chi connectivity index (χ2n) is 3.51. The highest BCUT2D eigenvalue weighted by molar-refractivity contribution is 5.95. The minimum atomic E-state index is -0.407. The van der Waals surface area contributed by atoms with Gasteiger partial charge >= 0.3 is 12.0 Å². The standard InChI is InChI=1S/C11H13N3O3/c1-2-17-10(15)8-3-4-12-9(7-8)14-6-5-13-11(14)16/h3-4,7H,2,5-6H2,1H3,(H,13,16). The average molecular weight is 235 g/mol. The van der Waals surface area contributed by atoms with Crippen molar-refractivity contribution in [1.82, 2.24) is 10.3 Å². The van der Waals surface area contributed by atoms with E-state index < -0.39 is 5.97 Å². The van der Waals surface area contributed by atoms with Crippen LogP contribution in [0.3, 0.4) is 0 Å². The van der Waals surface area contributed by atoms with Crippen LogP contribution in [0.5, 0.6) is 0 Å². The molecule has 1 aromatic heterocycles. The molecule has 1 saturated heterocycles. The molecule has 90 valence electrons. The van der Waals surface area contributed by atoms with E-state index in [0.29, 0.717) is 31.1 Å². The van der Waals surface area contributed by atoms with E-state index in [2.05, 4.69) is 10.3 Å². The number of rotatable bonds is 3. The number of hydrogen-bond acceptors (Lipinski definition) is 4. The first kappa shape index (κ1) is 11.4. The number of aromatic nitrogens is 1. The third-order valence-electron chi connectivity index (χ3n) is 2.39. The summed E-state index contributed by atoms with van der Waals surface area (Å²) in [5.74, 6) is 0.0568. The zero-order valence-corrected chi connectivity index (χ0v) is 9.47. The van der Waals surface area contributed by atoms with Gasteiger partial charge in [0.25, 0.3) is 0 Å². The van der Waals surface area contributed by atoms with Gasteiger partial charge in [0, 0.05) is 19.3 Å². The summed E-state index contributed by atoms with van der Waals surface area (Å²) in [6.07, 6.45) is 1.49. The molecule has 2 rings (SSSR count). The van der Waals surface area contributed by atoms with Crippen LogP contribution < -0.4 is 10.2 Å². The second-order valence-corrected chi connectivity index (χ2v) is 3.51. The maximum absolute atomic E-state index is 11.5. The fraction of sp³-hybridized carbons (Fsp3) is 0.364. The first-order valence-electron chi connectivity index (χ1n) is 5.41. The van der Waals surface area contributed by atoms with Gasteiger partial charge in [-0.2, -0.15) is 0 Å². The molecule has 0 saturated carbocycles. The van der Waals surface area contributed by atoms with Gasteiger partial charge in [-0.05, 0) is 19.1 Å². The quantitative estimate of drug-likeness (QED) is 0.786. The monoisotopic (exact) mass is 235 g/mol. The van der Waals surface area contributed by atoms with Gasteiger partial charge < -0.3 is 10.1 Å². The minimum Gasteiger partial charge on any atom is -0.462 e. The predicted molar refractivity (Wildman–Crippen MR) is 60.9 cm³/mol. The summed E-state index contributed by atoms with van der Waals surface area (Å²) in [6, 6.07) is 2.93. The fourth-order valence-corrected chi connectivity index (χ4v) is 1.60. The highest BCUT2D eigenvalue weighted by atomic mass is 16.5. The smallest absolute Gasteiger partial charge is 0.338 e. The number of nitrogens with one attached hydrogen (secondary N) is 1. The largest absolute Gasteiger partial charge is 0.462 e. The number of esters is 1. The van der Waals surface area contributed by atoms with Gasteiger partial charge in [0.15, 0.2) is 0 Å². The number of hydrogen-bond donors (Lipinski definition) is 1. The molecule has 17 heavy (non-hydrogen) atoms. The fourth-order valence-electron chi connectivity index (χ4n) is 1.60. The average Bonchev–Trinajstić information content (AvgIpc) is 2.76. The van der Waals surface area contributed by atoms with E-state index in [1.807, 2.05) is 0 Å². The molecule has 1 fully saturated rings. The third kappa shape index (κ3) is 2.35. The Morgan fingerprint density at radius 1 is 1.65 bits per heavy atom. The Morgan fingerprint density at radius 3 is 3.12 bits per heavy atom. The highest BCUT2D eigenvalue weighted by Crippen LogP contribution is 2.15. The summed E-state index contributed by atoms with van der Waals surface area (Å²) < 4.78 is 4.89. The molecule has 1 aromatic rings. The van der Waals surface area contributed by atoms with Crippen molar-refractivity contribution >= 4 is 17.8 Å². The molecule has 1 aliphatic heterocycles. The van der Waals surface area contributed by atoms with Crippen LogP contribution in [0.25, 0.3) is 0 Å². The summed E-state index contributed by atoms with van der Waals surface area (Å²) >= 11 is 0. The number of carbonyl (C=O) groups is 2. The molecule has 0 bridgehead atoms. The minimum absolute atomic E-state index is 0.196. The lowest BCUT2D eigenvalue weighted by Crippen LogP contribution is -2.28. The Balaban J connectivity index is 2.22. The van der Waals surface area contributed by atoms with Crippen molar-refractivity contribution < 1.29 is 14.3 Å². The lowest BCUT2D eigenvalue weighted by molar-refractivity contribution is 0.0526. The molecular weight excluding hydrogens is 222 g/mol. The van der Waals surface area contributed by atoms with E-state index in [1.54, 1.807) is 19.1 Å². The molecule has 2 amide bonds. The normalized spacial score (nSPS) is 14.6. The number of anilines is 1.